The van der Waals surface area contributed by atoms with Crippen LogP contribution < -0.4 is 5.46 Å². The molecule has 6 heteroatoms. The van der Waals surface area contributed by atoms with Gasteiger partial charge in [0.2, 0.25) is 0 Å². The molecule has 0 fully saturated rings. The lowest BCUT2D eigenvalue weighted by Gasteiger charge is -2.05. The van der Waals surface area contributed by atoms with Crippen LogP contribution in [0.25, 0.3) is 10.1 Å². The van der Waals surface area contributed by atoms with E-state index >= 15 is 0 Å². The second-order valence-corrected chi connectivity index (χ2v) is 4.63. The summed E-state index contributed by atoms with van der Waals surface area (Å²) in [7, 11) is -1.56. The van der Waals surface area contributed by atoms with Gasteiger partial charge in [0.1, 0.15) is 0 Å². The number of rotatable bonds is 1. The number of thiol groups is 1. The van der Waals surface area contributed by atoms with Crippen molar-refractivity contribution < 1.29 is 10.0 Å². The van der Waals surface area contributed by atoms with E-state index in [0.717, 1.165) is 15.0 Å². The molecule has 72 valence electrons. The second-order valence-electron chi connectivity index (χ2n) is 2.83. The average Bonchev–Trinajstić information content (AvgIpc) is 2.47. The van der Waals surface area contributed by atoms with Gasteiger partial charge in [-0.15, -0.1) is 24.0 Å². The number of thiophene rings is 1. The lowest BCUT2D eigenvalue weighted by molar-refractivity contribution is 0.426. The van der Waals surface area contributed by atoms with Gasteiger partial charge in [-0.05, 0) is 12.1 Å². The van der Waals surface area contributed by atoms with Crippen LogP contribution in [0, 0.1) is 0 Å². The maximum absolute atomic E-state index is 9.19. The van der Waals surface area contributed by atoms with Crippen LogP contribution in [0.5, 0.6) is 0 Å². The molecular weight excluding hydrogens is 238 g/mol. The van der Waals surface area contributed by atoms with Crippen molar-refractivity contribution >= 4 is 58.2 Å². The Balaban J connectivity index is 2.87. The summed E-state index contributed by atoms with van der Waals surface area (Å²) in [5.41, 5.74) is 0.329. The van der Waals surface area contributed by atoms with E-state index in [1.165, 1.54) is 11.3 Å². The molecule has 0 unspecified atom stereocenters. The molecule has 1 aromatic heterocycles. The summed E-state index contributed by atoms with van der Waals surface area (Å²) in [5.74, 6) is 0. The van der Waals surface area contributed by atoms with Gasteiger partial charge >= 0.3 is 7.12 Å². The summed E-state index contributed by atoms with van der Waals surface area (Å²) >= 11 is 11.6. The molecule has 2 aromatic rings. The molecule has 0 radical (unpaired) electrons. The minimum absolute atomic E-state index is 0.329. The fourth-order valence-electron chi connectivity index (χ4n) is 1.37. The Morgan fingerprint density at radius 2 is 2.07 bits per heavy atom. The van der Waals surface area contributed by atoms with Gasteiger partial charge in [-0.2, -0.15) is 0 Å². The quantitative estimate of drug-likeness (QED) is 0.526. The molecule has 0 bridgehead atoms. The van der Waals surface area contributed by atoms with Crippen LogP contribution in [0.3, 0.4) is 0 Å². The van der Waals surface area contributed by atoms with Crippen molar-refractivity contribution in [1.82, 2.24) is 0 Å². The highest BCUT2D eigenvalue weighted by Crippen LogP contribution is 2.29. The van der Waals surface area contributed by atoms with Crippen molar-refractivity contribution in [2.24, 2.45) is 0 Å². The largest absolute Gasteiger partial charge is 0.490 e. The number of hydrogen-bond donors (Lipinski definition) is 3. The van der Waals surface area contributed by atoms with Crippen molar-refractivity contribution in [3.05, 3.63) is 22.5 Å². The molecule has 2 N–H and O–H groups in total. The fourth-order valence-corrected chi connectivity index (χ4v) is 2.94. The van der Waals surface area contributed by atoms with E-state index in [2.05, 4.69) is 12.6 Å². The van der Waals surface area contributed by atoms with Crippen LogP contribution >= 0.6 is 35.6 Å². The van der Waals surface area contributed by atoms with Crippen LogP contribution in [0.1, 0.15) is 0 Å². The Bertz CT molecular complexity index is 483. The summed E-state index contributed by atoms with van der Waals surface area (Å²) < 4.78 is 0.947. The normalized spacial score (nSPS) is 10.9. The van der Waals surface area contributed by atoms with E-state index in [4.69, 9.17) is 11.6 Å². The second kappa shape index (κ2) is 3.75. The van der Waals surface area contributed by atoms with Gasteiger partial charge in [-0.25, -0.2) is 0 Å². The molecule has 0 amide bonds. The van der Waals surface area contributed by atoms with Gasteiger partial charge in [-0.1, -0.05) is 11.6 Å². The number of halogens is 1. The first kappa shape index (κ1) is 10.3. The van der Waals surface area contributed by atoms with E-state index < -0.39 is 7.12 Å². The predicted octanol–water partition coefficient (Wildman–Crippen LogP) is 1.52. The van der Waals surface area contributed by atoms with Crippen molar-refractivity contribution in [3.8, 4) is 0 Å². The fraction of sp³-hybridized carbons (Fsp3) is 0. The molecule has 0 spiro atoms. The van der Waals surface area contributed by atoms with E-state index in [9.17, 15) is 10.0 Å². The Morgan fingerprint density at radius 1 is 1.36 bits per heavy atom. The lowest BCUT2D eigenvalue weighted by Crippen LogP contribution is -2.31. The smallest absolute Gasteiger partial charge is 0.423 e. The Labute approximate surface area is 95.7 Å². The topological polar surface area (TPSA) is 40.5 Å². The summed E-state index contributed by atoms with van der Waals surface area (Å²) in [6.45, 7) is 0. The molecule has 14 heavy (non-hydrogen) atoms. The Kier molecular flexibility index (Phi) is 2.77. The molecule has 0 atom stereocenters. The first-order valence-corrected chi connectivity index (χ1v) is 5.56. The molecule has 0 saturated carbocycles. The van der Waals surface area contributed by atoms with Crippen molar-refractivity contribution in [1.29, 1.82) is 0 Å². The number of fused-ring (bicyclic) bond motifs is 1. The summed E-state index contributed by atoms with van der Waals surface area (Å²) in [6.07, 6.45) is 0. The predicted molar refractivity (Wildman–Crippen MR) is 63.9 cm³/mol. The molecule has 2 nitrogen and oxygen atoms in total. The molecule has 0 aliphatic rings. The lowest BCUT2D eigenvalue weighted by atomic mass is 9.78. The van der Waals surface area contributed by atoms with Crippen molar-refractivity contribution in [2.75, 3.05) is 0 Å². The standard InChI is InChI=1S/C8H6BClO2S2/c10-4-1-2-6-7(5(13)3-14-6)8(4)9(11)12/h1-3,11-13H. The maximum Gasteiger partial charge on any atom is 0.490 e. The van der Waals surface area contributed by atoms with E-state index in [1.807, 2.05) is 11.4 Å². The van der Waals surface area contributed by atoms with Crippen LogP contribution in [-0.2, 0) is 0 Å². The van der Waals surface area contributed by atoms with E-state index in [-0.39, 0.29) is 0 Å². The van der Waals surface area contributed by atoms with Gasteiger partial charge in [0, 0.05) is 30.8 Å². The average molecular weight is 245 g/mol. The number of benzene rings is 1. The third-order valence-electron chi connectivity index (χ3n) is 1.97. The molecular formula is C8H6BClO2S2. The third-order valence-corrected chi connectivity index (χ3v) is 3.77. The van der Waals surface area contributed by atoms with Crippen LogP contribution in [-0.4, -0.2) is 17.2 Å². The zero-order valence-corrected chi connectivity index (χ0v) is 9.40. The van der Waals surface area contributed by atoms with Gasteiger partial charge < -0.3 is 10.0 Å². The highest BCUT2D eigenvalue weighted by Gasteiger charge is 2.20. The summed E-state index contributed by atoms with van der Waals surface area (Å²) in [6, 6.07) is 3.50. The maximum atomic E-state index is 9.19. The molecule has 1 heterocycles. The monoisotopic (exact) mass is 244 g/mol. The zero-order chi connectivity index (χ0) is 10.3. The van der Waals surface area contributed by atoms with Gasteiger partial charge in [0.15, 0.2) is 0 Å². The highest BCUT2D eigenvalue weighted by molar-refractivity contribution is 7.80. The molecule has 1 aromatic carbocycles. The van der Waals surface area contributed by atoms with E-state index in [0.29, 0.717) is 10.5 Å². The summed E-state index contributed by atoms with van der Waals surface area (Å²) in [5, 5.41) is 21.3. The highest BCUT2D eigenvalue weighted by atomic mass is 35.5. The van der Waals surface area contributed by atoms with Crippen LogP contribution in [0.2, 0.25) is 5.02 Å². The van der Waals surface area contributed by atoms with Crippen molar-refractivity contribution in [2.45, 2.75) is 4.90 Å². The third kappa shape index (κ3) is 1.55. The SMILES string of the molecule is OB(O)c1c(Cl)ccc2scc(S)c12. The van der Waals surface area contributed by atoms with Crippen molar-refractivity contribution in [3.63, 3.8) is 0 Å². The summed E-state index contributed by atoms with van der Waals surface area (Å²) in [4.78, 5) is 0.718. The Morgan fingerprint density at radius 3 is 2.71 bits per heavy atom. The number of hydrogen-bond acceptors (Lipinski definition) is 4. The first-order chi connectivity index (χ1) is 6.61. The van der Waals surface area contributed by atoms with E-state index in [1.54, 1.807) is 6.07 Å². The van der Waals surface area contributed by atoms with Gasteiger partial charge in [-0.3, -0.25) is 0 Å². The molecule has 2 rings (SSSR count). The first-order valence-electron chi connectivity index (χ1n) is 3.86. The van der Waals surface area contributed by atoms with Crippen LogP contribution in [0.4, 0.5) is 0 Å². The van der Waals surface area contributed by atoms with Gasteiger partial charge in [0.25, 0.3) is 0 Å². The molecule has 0 aliphatic carbocycles. The minimum atomic E-state index is -1.56. The minimum Gasteiger partial charge on any atom is -0.423 e. The molecule has 0 aliphatic heterocycles. The van der Waals surface area contributed by atoms with Gasteiger partial charge in [0.05, 0.1) is 0 Å². The molecule has 0 saturated heterocycles. The Hall–Kier alpha value is -0.195. The zero-order valence-electron chi connectivity index (χ0n) is 6.94. The van der Waals surface area contributed by atoms with Crippen LogP contribution in [0.15, 0.2) is 22.4 Å².